The van der Waals surface area contributed by atoms with Gasteiger partial charge in [-0.1, -0.05) is 12.1 Å². The van der Waals surface area contributed by atoms with Crippen LogP contribution in [0.15, 0.2) is 24.3 Å². The van der Waals surface area contributed by atoms with Crippen molar-refractivity contribution in [2.24, 2.45) is 5.73 Å². The number of aliphatic carboxylic acids is 1. The van der Waals surface area contributed by atoms with E-state index in [1.807, 2.05) is 0 Å². The predicted molar refractivity (Wildman–Crippen MR) is 71.3 cm³/mol. The van der Waals surface area contributed by atoms with Crippen molar-refractivity contribution >= 4 is 36.8 Å². The molecule has 1 aromatic carbocycles. The van der Waals surface area contributed by atoms with E-state index < -0.39 is 19.8 Å². The summed E-state index contributed by atoms with van der Waals surface area (Å²) in [5.41, 5.74) is 6.05. The van der Waals surface area contributed by atoms with Crippen molar-refractivity contribution in [1.82, 2.24) is 0 Å². The van der Waals surface area contributed by atoms with Crippen LogP contribution in [-0.2, 0) is 18.6 Å². The fourth-order valence-electron chi connectivity index (χ4n) is 1.17. The maximum Gasteiger partial charge on any atom is 0.537 e. The zero-order valence-corrected chi connectivity index (χ0v) is 12.1. The van der Waals surface area contributed by atoms with Gasteiger partial charge in [-0.05, 0) is 24.1 Å². The first-order valence-electron chi connectivity index (χ1n) is 4.74. The molecule has 0 radical (unpaired) electrons. The number of carbonyl (C=O) groups is 1. The van der Waals surface area contributed by atoms with Gasteiger partial charge < -0.3 is 15.4 Å². The van der Waals surface area contributed by atoms with E-state index >= 15 is 0 Å². The first kappa shape index (κ1) is 15.4. The summed E-state index contributed by atoms with van der Waals surface area (Å²) >= 11 is 1.27. The monoisotopic (exact) mass is 387 g/mol. The highest BCUT2D eigenvalue weighted by atomic mass is 127. The molecule has 0 saturated heterocycles. The summed E-state index contributed by atoms with van der Waals surface area (Å²) < 4.78 is 20.0. The molecular weight excluding hydrogens is 376 g/mol. The average molecular weight is 387 g/mol. The van der Waals surface area contributed by atoms with Crippen LogP contribution in [0.5, 0.6) is 5.75 Å². The molecule has 0 saturated carbocycles. The molecule has 0 spiro atoms. The molecule has 0 bridgehead atoms. The van der Waals surface area contributed by atoms with Crippen molar-refractivity contribution in [2.45, 2.75) is 12.5 Å². The quantitative estimate of drug-likeness (QED) is 0.500. The van der Waals surface area contributed by atoms with Gasteiger partial charge in [-0.3, -0.25) is 9.69 Å². The van der Waals surface area contributed by atoms with E-state index in [2.05, 4.69) is 2.85 Å². The minimum atomic E-state index is -4.09. The second-order valence-corrected chi connectivity index (χ2v) is 5.86. The van der Waals surface area contributed by atoms with Crippen LogP contribution in [0.3, 0.4) is 0 Å². The van der Waals surface area contributed by atoms with Gasteiger partial charge in [0.1, 0.15) is 34.8 Å². The fraction of sp³-hybridized carbons (Fsp3) is 0.222. The third kappa shape index (κ3) is 4.91. The molecule has 18 heavy (non-hydrogen) atoms. The van der Waals surface area contributed by atoms with E-state index in [4.69, 9.17) is 20.3 Å². The van der Waals surface area contributed by atoms with Crippen molar-refractivity contribution in [3.63, 3.8) is 0 Å². The molecule has 0 heterocycles. The molecule has 0 fully saturated rings. The Bertz CT molecular complexity index is 465. The fourth-order valence-corrected chi connectivity index (χ4v) is 1.83. The van der Waals surface area contributed by atoms with E-state index in [1.165, 1.54) is 35.1 Å². The van der Waals surface area contributed by atoms with E-state index in [9.17, 15) is 9.36 Å². The number of carboxylic acid groups (broad SMARTS) is 1. The molecule has 1 unspecified atom stereocenters. The topological polar surface area (TPSA) is 119 Å². The maximum atomic E-state index is 11.1. The van der Waals surface area contributed by atoms with E-state index in [0.717, 1.165) is 0 Å². The maximum absolute atomic E-state index is 11.1. The first-order valence-corrected chi connectivity index (χ1v) is 7.12. The molecule has 4 N–H and O–H groups in total. The Balaban J connectivity index is 2.69. The summed E-state index contributed by atoms with van der Waals surface area (Å²) in [5.74, 6) is -0.946. The van der Waals surface area contributed by atoms with Gasteiger partial charge in [-0.2, -0.15) is 0 Å². The Kier molecular flexibility index (Phi) is 5.54. The van der Waals surface area contributed by atoms with Crippen LogP contribution in [0.2, 0.25) is 0 Å². The molecule has 1 aromatic rings. The Hall–Kier alpha value is -0.670. The van der Waals surface area contributed by atoms with Gasteiger partial charge in [0.05, 0.1) is 0 Å². The summed E-state index contributed by atoms with van der Waals surface area (Å²) in [6.45, 7) is 0. The number of benzene rings is 1. The third-order valence-electron chi connectivity index (χ3n) is 2.00. The lowest BCUT2D eigenvalue weighted by Crippen LogP contribution is -2.32. The average Bonchev–Trinajstić information content (AvgIpc) is 2.31. The molecule has 100 valence electrons. The molecule has 7 nitrogen and oxygen atoms in total. The molecule has 0 aliphatic rings. The SMILES string of the molecule is N[C@@H](Cc1ccc(OP(=O)(O)OI)cc1)C(=O)O. The number of carboxylic acids is 1. The van der Waals surface area contributed by atoms with Crippen molar-refractivity contribution in [2.75, 3.05) is 0 Å². The number of hydrogen-bond donors (Lipinski definition) is 3. The van der Waals surface area contributed by atoms with Crippen LogP contribution in [0.1, 0.15) is 5.56 Å². The smallest absolute Gasteiger partial charge is 0.480 e. The van der Waals surface area contributed by atoms with Crippen molar-refractivity contribution in [3.05, 3.63) is 29.8 Å². The third-order valence-corrected chi connectivity index (χ3v) is 4.11. The Morgan fingerprint density at radius 1 is 1.44 bits per heavy atom. The number of hydrogen-bond acceptors (Lipinski definition) is 5. The lowest BCUT2D eigenvalue weighted by atomic mass is 10.1. The molecule has 0 aromatic heterocycles. The van der Waals surface area contributed by atoms with Gasteiger partial charge in [0.2, 0.25) is 0 Å². The first-order chi connectivity index (χ1) is 8.34. The molecule has 9 heteroatoms. The molecule has 1 rings (SSSR count). The zero-order valence-electron chi connectivity index (χ0n) is 9.02. The minimum absolute atomic E-state index is 0.144. The number of phosphoric acid groups is 1. The zero-order chi connectivity index (χ0) is 13.8. The van der Waals surface area contributed by atoms with Crippen LogP contribution >= 0.6 is 30.8 Å². The number of rotatable bonds is 6. The molecule has 0 aliphatic carbocycles. The molecule has 2 atom stereocenters. The van der Waals surface area contributed by atoms with Crippen LogP contribution < -0.4 is 10.3 Å². The van der Waals surface area contributed by atoms with Crippen LogP contribution in [0.25, 0.3) is 0 Å². The Morgan fingerprint density at radius 2 is 2.00 bits per heavy atom. The molecule has 0 amide bonds. The van der Waals surface area contributed by atoms with E-state index in [-0.39, 0.29) is 12.2 Å². The van der Waals surface area contributed by atoms with Crippen molar-refractivity contribution in [1.29, 1.82) is 0 Å². The van der Waals surface area contributed by atoms with Gasteiger partial charge >= 0.3 is 13.8 Å². The summed E-state index contributed by atoms with van der Waals surface area (Å²) in [5, 5.41) is 8.65. The van der Waals surface area contributed by atoms with Crippen LogP contribution in [0, 0.1) is 0 Å². The lowest BCUT2D eigenvalue weighted by molar-refractivity contribution is -0.138. The number of nitrogens with two attached hydrogens (primary N) is 1. The summed E-state index contributed by atoms with van der Waals surface area (Å²) in [6.07, 6.45) is 0.162. The largest absolute Gasteiger partial charge is 0.537 e. The van der Waals surface area contributed by atoms with Crippen molar-refractivity contribution < 1.29 is 26.7 Å². The van der Waals surface area contributed by atoms with E-state index in [1.54, 1.807) is 12.1 Å². The number of phosphoric ester groups is 1. The standard InChI is InChI=1S/C9H11INO6P/c10-17-18(14,15)16-7-3-1-6(2-4-7)5-8(11)9(12)13/h1-4,8H,5,11H2,(H,12,13)(H,14,15)/t8-/m0/s1. The highest BCUT2D eigenvalue weighted by molar-refractivity contribution is 14.1. The second-order valence-electron chi connectivity index (χ2n) is 3.42. The van der Waals surface area contributed by atoms with Crippen LogP contribution in [0.4, 0.5) is 0 Å². The van der Waals surface area contributed by atoms with Gasteiger partial charge in [-0.25, -0.2) is 7.42 Å². The van der Waals surface area contributed by atoms with Gasteiger partial charge in [-0.15, -0.1) is 0 Å². The van der Waals surface area contributed by atoms with Gasteiger partial charge in [0.25, 0.3) is 0 Å². The normalized spacial score (nSPS) is 15.7. The lowest BCUT2D eigenvalue weighted by Gasteiger charge is -2.10. The van der Waals surface area contributed by atoms with Gasteiger partial charge in [0, 0.05) is 0 Å². The van der Waals surface area contributed by atoms with Crippen LogP contribution in [-0.4, -0.2) is 22.0 Å². The molecule has 0 aliphatic heterocycles. The summed E-state index contributed by atoms with van der Waals surface area (Å²) in [4.78, 5) is 19.6. The highest BCUT2D eigenvalue weighted by Crippen LogP contribution is 2.45. The molecular formula is C9H11INO6P. The summed E-state index contributed by atoms with van der Waals surface area (Å²) in [7, 11) is -4.09. The summed E-state index contributed by atoms with van der Waals surface area (Å²) in [6, 6.07) is 5.00. The highest BCUT2D eigenvalue weighted by Gasteiger charge is 2.21. The second kappa shape index (κ2) is 6.48. The predicted octanol–water partition coefficient (Wildman–Crippen LogP) is 1.49. The van der Waals surface area contributed by atoms with Gasteiger partial charge in [0.15, 0.2) is 0 Å². The number of halogens is 1. The van der Waals surface area contributed by atoms with E-state index in [0.29, 0.717) is 5.56 Å². The minimum Gasteiger partial charge on any atom is -0.480 e. The Morgan fingerprint density at radius 3 is 2.44 bits per heavy atom. The van der Waals surface area contributed by atoms with Crippen molar-refractivity contribution in [3.8, 4) is 5.75 Å². The Labute approximate surface area is 117 Å².